The van der Waals surface area contributed by atoms with E-state index >= 15 is 0 Å². The lowest BCUT2D eigenvalue weighted by Gasteiger charge is -2.22. The molecule has 0 spiro atoms. The summed E-state index contributed by atoms with van der Waals surface area (Å²) >= 11 is 0. The number of amides is 1. The zero-order chi connectivity index (χ0) is 19.1. The summed E-state index contributed by atoms with van der Waals surface area (Å²) in [6.45, 7) is 0.411. The fourth-order valence-electron chi connectivity index (χ4n) is 3.01. The van der Waals surface area contributed by atoms with Gasteiger partial charge in [-0.05, 0) is 17.2 Å². The summed E-state index contributed by atoms with van der Waals surface area (Å²) in [6.07, 6.45) is 0. The van der Waals surface area contributed by atoms with Crippen LogP contribution in [0, 0.1) is 5.82 Å². The Labute approximate surface area is 159 Å². The van der Waals surface area contributed by atoms with E-state index in [1.54, 1.807) is 30.1 Å². The van der Waals surface area contributed by atoms with Gasteiger partial charge in [0.15, 0.2) is 0 Å². The molecule has 0 radical (unpaired) electrons. The standard InChI is InChI=1S/C23H23FN2O/c1-26(17-20-14-8-9-15-21(20)24)22(27)16-25-23(18-10-4-2-5-11-18)19-12-6-3-7-13-19/h2-15,23,25H,16-17H2,1H3. The topological polar surface area (TPSA) is 32.3 Å². The van der Waals surface area contributed by atoms with E-state index in [4.69, 9.17) is 0 Å². The molecule has 3 rings (SSSR count). The van der Waals surface area contributed by atoms with Crippen molar-refractivity contribution in [3.63, 3.8) is 0 Å². The van der Waals surface area contributed by atoms with Gasteiger partial charge >= 0.3 is 0 Å². The Bertz CT molecular complexity index is 828. The van der Waals surface area contributed by atoms with E-state index < -0.39 is 0 Å². The van der Waals surface area contributed by atoms with Gasteiger partial charge in [0.05, 0.1) is 12.6 Å². The molecule has 27 heavy (non-hydrogen) atoms. The number of rotatable bonds is 7. The SMILES string of the molecule is CN(Cc1ccccc1F)C(=O)CNC(c1ccccc1)c1ccccc1. The minimum absolute atomic E-state index is 0.0850. The predicted molar refractivity (Wildman–Crippen MR) is 106 cm³/mol. The molecule has 0 saturated carbocycles. The molecule has 1 N–H and O–H groups in total. The highest BCUT2D eigenvalue weighted by Gasteiger charge is 2.17. The molecule has 0 saturated heterocycles. The molecule has 3 aromatic carbocycles. The number of hydrogen-bond donors (Lipinski definition) is 1. The molecule has 0 aliphatic rings. The predicted octanol–water partition coefficient (Wildman–Crippen LogP) is 4.16. The number of halogens is 1. The van der Waals surface area contributed by atoms with Crippen LogP contribution in [0.4, 0.5) is 4.39 Å². The molecule has 138 valence electrons. The van der Waals surface area contributed by atoms with E-state index in [0.29, 0.717) is 5.56 Å². The minimum Gasteiger partial charge on any atom is -0.340 e. The molecule has 0 aliphatic heterocycles. The van der Waals surface area contributed by atoms with Crippen molar-refractivity contribution in [2.24, 2.45) is 0 Å². The van der Waals surface area contributed by atoms with Crippen LogP contribution < -0.4 is 5.32 Å². The zero-order valence-electron chi connectivity index (χ0n) is 15.3. The van der Waals surface area contributed by atoms with Crippen molar-refractivity contribution in [1.82, 2.24) is 10.2 Å². The van der Waals surface area contributed by atoms with Crippen molar-refractivity contribution in [3.8, 4) is 0 Å². The van der Waals surface area contributed by atoms with Gasteiger partial charge in [-0.3, -0.25) is 10.1 Å². The Kier molecular flexibility index (Phi) is 6.34. The van der Waals surface area contributed by atoms with Crippen molar-refractivity contribution in [3.05, 3.63) is 107 Å². The highest BCUT2D eigenvalue weighted by Crippen LogP contribution is 2.21. The monoisotopic (exact) mass is 362 g/mol. The number of nitrogens with one attached hydrogen (secondary N) is 1. The maximum atomic E-state index is 13.8. The first-order chi connectivity index (χ1) is 13.1. The quantitative estimate of drug-likeness (QED) is 0.684. The van der Waals surface area contributed by atoms with Crippen LogP contribution in [0.15, 0.2) is 84.9 Å². The van der Waals surface area contributed by atoms with Gasteiger partial charge in [0.25, 0.3) is 0 Å². The first kappa shape index (κ1) is 18.8. The van der Waals surface area contributed by atoms with E-state index in [1.165, 1.54) is 6.07 Å². The molecular formula is C23H23FN2O. The molecule has 1 amide bonds. The average molecular weight is 362 g/mol. The third kappa shape index (κ3) is 5.02. The second-order valence-electron chi connectivity index (χ2n) is 6.48. The Balaban J connectivity index is 1.68. The molecule has 0 aromatic heterocycles. The molecule has 4 heteroatoms. The summed E-state index contributed by atoms with van der Waals surface area (Å²) in [4.78, 5) is 14.1. The van der Waals surface area contributed by atoms with Gasteiger partial charge in [-0.15, -0.1) is 0 Å². The van der Waals surface area contributed by atoms with Crippen LogP contribution in [0.1, 0.15) is 22.7 Å². The molecule has 0 aliphatic carbocycles. The fourth-order valence-corrected chi connectivity index (χ4v) is 3.01. The number of nitrogens with zero attached hydrogens (tertiary/aromatic N) is 1. The normalized spacial score (nSPS) is 10.8. The molecule has 3 nitrogen and oxygen atoms in total. The second-order valence-corrected chi connectivity index (χ2v) is 6.48. The van der Waals surface area contributed by atoms with Crippen molar-refractivity contribution in [2.75, 3.05) is 13.6 Å². The molecule has 0 unspecified atom stereocenters. The van der Waals surface area contributed by atoms with E-state index in [0.717, 1.165) is 11.1 Å². The number of hydrogen-bond acceptors (Lipinski definition) is 2. The van der Waals surface area contributed by atoms with Gasteiger partial charge in [-0.2, -0.15) is 0 Å². The number of carbonyl (C=O) groups excluding carboxylic acids is 1. The first-order valence-corrected chi connectivity index (χ1v) is 8.96. The summed E-state index contributed by atoms with van der Waals surface area (Å²) in [6, 6.07) is 26.5. The van der Waals surface area contributed by atoms with Crippen LogP contribution in [-0.2, 0) is 11.3 Å². The number of likely N-dealkylation sites (N-methyl/N-ethyl adjacent to an activating group) is 1. The van der Waals surface area contributed by atoms with Crippen LogP contribution >= 0.6 is 0 Å². The lowest BCUT2D eigenvalue weighted by Crippen LogP contribution is -2.37. The molecular weight excluding hydrogens is 339 g/mol. The molecule has 0 fully saturated rings. The van der Waals surface area contributed by atoms with Crippen LogP contribution in [0.25, 0.3) is 0 Å². The Morgan fingerprint density at radius 2 is 1.41 bits per heavy atom. The van der Waals surface area contributed by atoms with Gasteiger partial charge in [0.2, 0.25) is 5.91 Å². The molecule has 3 aromatic rings. The van der Waals surface area contributed by atoms with Crippen LogP contribution in [0.3, 0.4) is 0 Å². The maximum absolute atomic E-state index is 13.8. The summed E-state index contributed by atoms with van der Waals surface area (Å²) in [5.41, 5.74) is 2.69. The lowest BCUT2D eigenvalue weighted by atomic mass is 9.99. The van der Waals surface area contributed by atoms with Gasteiger partial charge in [-0.25, -0.2) is 4.39 Å². The molecule has 0 heterocycles. The first-order valence-electron chi connectivity index (χ1n) is 8.96. The smallest absolute Gasteiger partial charge is 0.236 e. The van der Waals surface area contributed by atoms with Crippen molar-refractivity contribution in [1.29, 1.82) is 0 Å². The van der Waals surface area contributed by atoms with E-state index in [2.05, 4.69) is 5.32 Å². The largest absolute Gasteiger partial charge is 0.340 e. The summed E-state index contributed by atoms with van der Waals surface area (Å²) < 4.78 is 13.8. The van der Waals surface area contributed by atoms with Crippen molar-refractivity contribution < 1.29 is 9.18 Å². The van der Waals surface area contributed by atoms with E-state index in [1.807, 2.05) is 60.7 Å². The van der Waals surface area contributed by atoms with Crippen molar-refractivity contribution >= 4 is 5.91 Å². The number of carbonyl (C=O) groups is 1. The third-order valence-electron chi connectivity index (χ3n) is 4.51. The second kappa shape index (κ2) is 9.10. The minimum atomic E-state index is -0.295. The lowest BCUT2D eigenvalue weighted by molar-refractivity contribution is -0.129. The summed E-state index contributed by atoms with van der Waals surface area (Å²) in [7, 11) is 1.69. The van der Waals surface area contributed by atoms with Gasteiger partial charge in [0.1, 0.15) is 5.82 Å². The Morgan fingerprint density at radius 1 is 0.889 bits per heavy atom. The van der Waals surface area contributed by atoms with Crippen molar-refractivity contribution in [2.45, 2.75) is 12.6 Å². The fraction of sp³-hybridized carbons (Fsp3) is 0.174. The van der Waals surface area contributed by atoms with Crippen LogP contribution in [0.5, 0.6) is 0 Å². The van der Waals surface area contributed by atoms with Gasteiger partial charge < -0.3 is 4.90 Å². The van der Waals surface area contributed by atoms with Gasteiger partial charge in [0, 0.05) is 19.2 Å². The highest BCUT2D eigenvalue weighted by atomic mass is 19.1. The molecule has 0 atom stereocenters. The van der Waals surface area contributed by atoms with E-state index in [9.17, 15) is 9.18 Å². The Hall–Kier alpha value is -2.98. The van der Waals surface area contributed by atoms with Gasteiger partial charge in [-0.1, -0.05) is 78.9 Å². The van der Waals surface area contributed by atoms with Crippen LogP contribution in [-0.4, -0.2) is 24.4 Å². The van der Waals surface area contributed by atoms with E-state index in [-0.39, 0.29) is 30.9 Å². The summed E-state index contributed by atoms with van der Waals surface area (Å²) in [5, 5.41) is 3.35. The summed E-state index contributed by atoms with van der Waals surface area (Å²) in [5.74, 6) is -0.383. The zero-order valence-corrected chi connectivity index (χ0v) is 15.3. The third-order valence-corrected chi connectivity index (χ3v) is 4.51. The molecule has 0 bridgehead atoms. The number of benzene rings is 3. The van der Waals surface area contributed by atoms with Crippen LogP contribution in [0.2, 0.25) is 0 Å². The Morgan fingerprint density at radius 3 is 1.96 bits per heavy atom. The maximum Gasteiger partial charge on any atom is 0.236 e. The average Bonchev–Trinajstić information content (AvgIpc) is 2.71. The highest BCUT2D eigenvalue weighted by molar-refractivity contribution is 5.78.